The van der Waals surface area contributed by atoms with E-state index in [9.17, 15) is 0 Å². The Morgan fingerprint density at radius 1 is 1.73 bits per heavy atom. The monoisotopic (exact) mass is 166 g/mol. The molecule has 58 valence electrons. The molecule has 1 aromatic rings. The summed E-state index contributed by atoms with van der Waals surface area (Å²) in [5, 5.41) is 0. The van der Waals surface area contributed by atoms with E-state index in [-0.39, 0.29) is 0 Å². The topological polar surface area (TPSA) is 38.9 Å². The van der Waals surface area contributed by atoms with Crippen LogP contribution in [-0.4, -0.2) is 9.97 Å². The minimum absolute atomic E-state index is 0.515. The lowest BCUT2D eigenvalue weighted by molar-refractivity contribution is 1.12. The van der Waals surface area contributed by atoms with Crippen molar-refractivity contribution in [3.63, 3.8) is 0 Å². The highest BCUT2D eigenvalue weighted by molar-refractivity contribution is 7.80. The second kappa shape index (κ2) is 3.44. The molecule has 0 radical (unpaired) electrons. The second-order valence-electron chi connectivity index (χ2n) is 2.39. The second-order valence-corrected chi connectivity index (χ2v) is 2.92. The van der Waals surface area contributed by atoms with Crippen molar-refractivity contribution in [2.24, 2.45) is 5.73 Å². The van der Waals surface area contributed by atoms with Crippen molar-refractivity contribution in [1.29, 1.82) is 0 Å². The molecule has 1 rings (SSSR count). The van der Waals surface area contributed by atoms with Crippen molar-refractivity contribution in [3.8, 4) is 0 Å². The number of thiocarbonyl (C=S) groups is 1. The van der Waals surface area contributed by atoms with Crippen molar-refractivity contribution in [2.45, 2.75) is 13.3 Å². The van der Waals surface area contributed by atoms with E-state index in [0.717, 1.165) is 11.3 Å². The first-order valence-electron chi connectivity index (χ1n) is 3.39. The molecule has 11 heavy (non-hydrogen) atoms. The highest BCUT2D eigenvalue weighted by Gasteiger charge is 1.98. The third-order valence-electron chi connectivity index (χ3n) is 1.48. The highest BCUT2D eigenvalue weighted by Crippen LogP contribution is 2.03. The maximum atomic E-state index is 5.40. The van der Waals surface area contributed by atoms with Crippen molar-refractivity contribution < 1.29 is 0 Å². The predicted molar refractivity (Wildman–Crippen MR) is 49.5 cm³/mol. The lowest BCUT2D eigenvalue weighted by Gasteiger charge is -2.01. The van der Waals surface area contributed by atoms with Gasteiger partial charge in [-0.15, -0.1) is 0 Å². The van der Waals surface area contributed by atoms with E-state index >= 15 is 0 Å². The van der Waals surface area contributed by atoms with Gasteiger partial charge >= 0.3 is 0 Å². The molecule has 0 saturated carbocycles. The van der Waals surface area contributed by atoms with Gasteiger partial charge in [0.2, 0.25) is 0 Å². The van der Waals surface area contributed by atoms with Crippen LogP contribution in [0.15, 0.2) is 18.3 Å². The number of nitrogens with zero attached hydrogens (tertiary/aromatic N) is 1. The number of rotatable bonds is 2. The number of hydrogen-bond donors (Lipinski definition) is 1. The largest absolute Gasteiger partial charge is 0.393 e. The fourth-order valence-electron chi connectivity index (χ4n) is 0.892. The zero-order chi connectivity index (χ0) is 8.27. The SMILES string of the molecule is Cc1ncccc1CC(N)=S. The molecule has 1 heterocycles. The van der Waals surface area contributed by atoms with Gasteiger partial charge in [-0.05, 0) is 18.6 Å². The molecule has 2 N–H and O–H groups in total. The Balaban J connectivity index is 2.86. The Hall–Kier alpha value is -0.960. The van der Waals surface area contributed by atoms with Crippen molar-refractivity contribution in [3.05, 3.63) is 29.6 Å². The lowest BCUT2D eigenvalue weighted by Crippen LogP contribution is -2.12. The summed E-state index contributed by atoms with van der Waals surface area (Å²) in [6.07, 6.45) is 2.41. The summed E-state index contributed by atoms with van der Waals surface area (Å²) in [5.41, 5.74) is 7.51. The summed E-state index contributed by atoms with van der Waals surface area (Å²) in [7, 11) is 0. The summed E-state index contributed by atoms with van der Waals surface area (Å²) < 4.78 is 0. The standard InChI is InChI=1S/C8H10N2S/c1-6-7(5-8(9)11)3-2-4-10-6/h2-4H,5H2,1H3,(H2,9,11). The molecule has 0 aromatic carbocycles. The molecule has 0 spiro atoms. The molecule has 0 aliphatic heterocycles. The summed E-state index contributed by atoms with van der Waals surface area (Å²) in [4.78, 5) is 4.63. The zero-order valence-electron chi connectivity index (χ0n) is 6.37. The molecular weight excluding hydrogens is 156 g/mol. The zero-order valence-corrected chi connectivity index (χ0v) is 7.19. The van der Waals surface area contributed by atoms with Gasteiger partial charge in [-0.2, -0.15) is 0 Å². The average Bonchev–Trinajstić information content (AvgIpc) is 1.93. The molecule has 0 fully saturated rings. The van der Waals surface area contributed by atoms with Crippen LogP contribution in [0.5, 0.6) is 0 Å². The Morgan fingerprint density at radius 2 is 2.45 bits per heavy atom. The summed E-state index contributed by atoms with van der Waals surface area (Å²) >= 11 is 4.79. The normalized spacial score (nSPS) is 9.55. The number of nitrogens with two attached hydrogens (primary N) is 1. The van der Waals surface area contributed by atoms with Gasteiger partial charge in [0.15, 0.2) is 0 Å². The Morgan fingerprint density at radius 3 is 3.00 bits per heavy atom. The van der Waals surface area contributed by atoms with Crippen LogP contribution in [0.3, 0.4) is 0 Å². The lowest BCUT2D eigenvalue weighted by atomic mass is 10.1. The van der Waals surface area contributed by atoms with Crippen LogP contribution in [0.1, 0.15) is 11.3 Å². The van der Waals surface area contributed by atoms with Crippen LogP contribution in [0.4, 0.5) is 0 Å². The summed E-state index contributed by atoms with van der Waals surface area (Å²) in [5.74, 6) is 0. The molecule has 0 bridgehead atoms. The minimum Gasteiger partial charge on any atom is -0.393 e. The van der Waals surface area contributed by atoms with Crippen molar-refractivity contribution >= 4 is 17.2 Å². The maximum absolute atomic E-state index is 5.40. The highest BCUT2D eigenvalue weighted by atomic mass is 32.1. The summed E-state index contributed by atoms with van der Waals surface area (Å²) in [6.45, 7) is 1.95. The van der Waals surface area contributed by atoms with E-state index in [4.69, 9.17) is 18.0 Å². The first kappa shape index (κ1) is 8.14. The van der Waals surface area contributed by atoms with Gasteiger partial charge in [-0.3, -0.25) is 4.98 Å². The van der Waals surface area contributed by atoms with Crippen LogP contribution in [0.25, 0.3) is 0 Å². The first-order chi connectivity index (χ1) is 5.20. The van der Waals surface area contributed by atoms with Gasteiger partial charge in [-0.1, -0.05) is 18.3 Å². The quantitative estimate of drug-likeness (QED) is 0.671. The molecule has 0 aliphatic rings. The molecule has 3 heteroatoms. The molecule has 0 atom stereocenters. The fourth-order valence-corrected chi connectivity index (χ4v) is 1.05. The van der Waals surface area contributed by atoms with Crippen LogP contribution in [0.2, 0.25) is 0 Å². The minimum atomic E-state index is 0.515. The molecule has 2 nitrogen and oxygen atoms in total. The number of pyridine rings is 1. The van der Waals surface area contributed by atoms with Gasteiger partial charge in [0.25, 0.3) is 0 Å². The smallest absolute Gasteiger partial charge is 0.0772 e. The van der Waals surface area contributed by atoms with E-state index in [2.05, 4.69) is 4.98 Å². The number of hydrogen-bond acceptors (Lipinski definition) is 2. The fraction of sp³-hybridized carbons (Fsp3) is 0.250. The van der Waals surface area contributed by atoms with E-state index in [1.807, 2.05) is 19.1 Å². The number of aromatic nitrogens is 1. The van der Waals surface area contributed by atoms with Crippen LogP contribution >= 0.6 is 12.2 Å². The van der Waals surface area contributed by atoms with Gasteiger partial charge in [0, 0.05) is 18.3 Å². The van der Waals surface area contributed by atoms with Crippen molar-refractivity contribution in [1.82, 2.24) is 4.98 Å². The van der Waals surface area contributed by atoms with E-state index in [0.29, 0.717) is 11.4 Å². The first-order valence-corrected chi connectivity index (χ1v) is 3.80. The van der Waals surface area contributed by atoms with E-state index in [1.54, 1.807) is 6.20 Å². The molecule has 0 unspecified atom stereocenters. The van der Waals surface area contributed by atoms with Crippen LogP contribution in [0, 0.1) is 6.92 Å². The Bertz CT molecular complexity index is 271. The van der Waals surface area contributed by atoms with E-state index in [1.165, 1.54) is 0 Å². The molecule has 1 aromatic heterocycles. The van der Waals surface area contributed by atoms with Crippen LogP contribution in [-0.2, 0) is 6.42 Å². The molecule has 0 amide bonds. The molecule has 0 aliphatic carbocycles. The predicted octanol–water partition coefficient (Wildman–Crippen LogP) is 1.22. The van der Waals surface area contributed by atoms with Gasteiger partial charge in [0.05, 0.1) is 4.99 Å². The third kappa shape index (κ3) is 2.27. The van der Waals surface area contributed by atoms with Gasteiger partial charge in [-0.25, -0.2) is 0 Å². The maximum Gasteiger partial charge on any atom is 0.0772 e. The molecular formula is C8H10N2S. The van der Waals surface area contributed by atoms with Crippen molar-refractivity contribution in [2.75, 3.05) is 0 Å². The van der Waals surface area contributed by atoms with Crippen LogP contribution < -0.4 is 5.73 Å². The van der Waals surface area contributed by atoms with Gasteiger partial charge in [0.1, 0.15) is 0 Å². The Labute approximate surface area is 71.4 Å². The number of aryl methyl sites for hydroxylation is 1. The van der Waals surface area contributed by atoms with Gasteiger partial charge < -0.3 is 5.73 Å². The van der Waals surface area contributed by atoms with E-state index < -0.39 is 0 Å². The summed E-state index contributed by atoms with van der Waals surface area (Å²) in [6, 6.07) is 3.88. The Kier molecular flexibility index (Phi) is 2.54. The molecule has 0 saturated heterocycles. The third-order valence-corrected chi connectivity index (χ3v) is 1.63. The average molecular weight is 166 g/mol.